The summed E-state index contributed by atoms with van der Waals surface area (Å²) in [6.45, 7) is 6.10. The summed E-state index contributed by atoms with van der Waals surface area (Å²) in [5.74, 6) is -0.327. The van der Waals surface area contributed by atoms with Crippen molar-refractivity contribution in [1.29, 1.82) is 0 Å². The van der Waals surface area contributed by atoms with Gasteiger partial charge in [0.05, 0.1) is 4.90 Å². The maximum absolute atomic E-state index is 12.8. The maximum atomic E-state index is 12.8. The summed E-state index contributed by atoms with van der Waals surface area (Å²) in [5.41, 5.74) is 1.51. The third kappa shape index (κ3) is 4.39. The number of benzene rings is 2. The molecule has 0 bridgehead atoms. The van der Waals surface area contributed by atoms with Crippen LogP contribution in [-0.2, 0) is 10.0 Å². The van der Waals surface area contributed by atoms with Gasteiger partial charge in [-0.05, 0) is 48.9 Å². The van der Waals surface area contributed by atoms with Crippen LogP contribution in [-0.4, -0.2) is 31.7 Å². The molecule has 5 nitrogen and oxygen atoms in total. The van der Waals surface area contributed by atoms with Gasteiger partial charge in [0.1, 0.15) is 0 Å². The first-order valence-electron chi connectivity index (χ1n) is 7.97. The molecule has 0 aliphatic heterocycles. The van der Waals surface area contributed by atoms with Crippen LogP contribution in [0.3, 0.4) is 0 Å². The summed E-state index contributed by atoms with van der Waals surface area (Å²) in [6.07, 6.45) is 0. The molecule has 2 aromatic carbocycles. The minimum Gasteiger partial charge on any atom is -0.322 e. The van der Waals surface area contributed by atoms with Crippen molar-refractivity contribution >= 4 is 33.2 Å². The minimum atomic E-state index is -3.60. The number of halogens is 1. The highest BCUT2D eigenvalue weighted by Gasteiger charge is 2.24. The molecule has 1 N–H and O–H groups in total. The van der Waals surface area contributed by atoms with Crippen LogP contribution < -0.4 is 5.32 Å². The summed E-state index contributed by atoms with van der Waals surface area (Å²) in [4.78, 5) is 12.5. The van der Waals surface area contributed by atoms with Crippen LogP contribution in [0.5, 0.6) is 0 Å². The number of hydrogen-bond donors (Lipinski definition) is 1. The van der Waals surface area contributed by atoms with Crippen molar-refractivity contribution in [3.63, 3.8) is 0 Å². The number of hydrogen-bond acceptors (Lipinski definition) is 3. The third-order valence-electron chi connectivity index (χ3n) is 3.88. The average molecular weight is 381 g/mol. The van der Waals surface area contributed by atoms with Crippen molar-refractivity contribution < 1.29 is 13.2 Å². The lowest BCUT2D eigenvalue weighted by Crippen LogP contribution is -2.31. The smallest absolute Gasteiger partial charge is 0.255 e. The van der Waals surface area contributed by atoms with Crippen LogP contribution in [0.4, 0.5) is 5.69 Å². The standard InChI is InChI=1S/C18H21ClN2O3S/c1-4-21(5-2)25(23,24)17-12-16(11-6-13(17)3)20-18(22)14-7-9-15(19)10-8-14/h6-12H,4-5H2,1-3H3,(H,20,22). The lowest BCUT2D eigenvalue weighted by Gasteiger charge is -2.20. The average Bonchev–Trinajstić information content (AvgIpc) is 2.57. The van der Waals surface area contributed by atoms with Gasteiger partial charge in [0, 0.05) is 29.4 Å². The van der Waals surface area contributed by atoms with Crippen molar-refractivity contribution in [2.24, 2.45) is 0 Å². The van der Waals surface area contributed by atoms with E-state index in [4.69, 9.17) is 11.6 Å². The Morgan fingerprint density at radius 2 is 1.68 bits per heavy atom. The lowest BCUT2D eigenvalue weighted by atomic mass is 10.2. The van der Waals surface area contributed by atoms with Crippen LogP contribution in [0.25, 0.3) is 0 Å². The van der Waals surface area contributed by atoms with Crippen molar-refractivity contribution in [2.75, 3.05) is 18.4 Å². The van der Waals surface area contributed by atoms with E-state index in [0.717, 1.165) is 0 Å². The molecule has 0 aromatic heterocycles. The molecule has 0 fully saturated rings. The zero-order valence-electron chi connectivity index (χ0n) is 14.4. The van der Waals surface area contributed by atoms with E-state index in [1.807, 2.05) is 0 Å². The number of sulfonamides is 1. The van der Waals surface area contributed by atoms with Gasteiger partial charge in [-0.3, -0.25) is 4.79 Å². The van der Waals surface area contributed by atoms with Crippen molar-refractivity contribution in [3.05, 3.63) is 58.6 Å². The number of carbonyl (C=O) groups is 1. The van der Waals surface area contributed by atoms with Gasteiger partial charge in [-0.15, -0.1) is 0 Å². The molecule has 2 rings (SSSR count). The van der Waals surface area contributed by atoms with Gasteiger partial charge in [-0.25, -0.2) is 8.42 Å². The fourth-order valence-corrected chi connectivity index (χ4v) is 4.30. The molecule has 0 heterocycles. The molecule has 2 aromatic rings. The van der Waals surface area contributed by atoms with E-state index in [2.05, 4.69) is 5.32 Å². The number of anilines is 1. The van der Waals surface area contributed by atoms with E-state index >= 15 is 0 Å². The normalized spacial score (nSPS) is 11.6. The number of nitrogens with zero attached hydrogens (tertiary/aromatic N) is 1. The lowest BCUT2D eigenvalue weighted by molar-refractivity contribution is 0.102. The quantitative estimate of drug-likeness (QED) is 0.825. The Morgan fingerprint density at radius 1 is 1.08 bits per heavy atom. The molecular formula is C18H21ClN2O3S. The summed E-state index contributed by atoms with van der Waals surface area (Å²) < 4.78 is 26.9. The second-order valence-corrected chi connectivity index (χ2v) is 7.87. The van der Waals surface area contributed by atoms with Crippen LogP contribution in [0.1, 0.15) is 29.8 Å². The summed E-state index contributed by atoms with van der Waals surface area (Å²) >= 11 is 5.82. The van der Waals surface area contributed by atoms with Gasteiger partial charge in [0.25, 0.3) is 5.91 Å². The predicted octanol–water partition coefficient (Wildman–Crippen LogP) is 3.93. The third-order valence-corrected chi connectivity index (χ3v) is 6.32. The molecule has 134 valence electrons. The molecule has 0 radical (unpaired) electrons. The van der Waals surface area contributed by atoms with Crippen molar-refractivity contribution in [2.45, 2.75) is 25.7 Å². The zero-order chi connectivity index (χ0) is 18.6. The fourth-order valence-electron chi connectivity index (χ4n) is 2.46. The van der Waals surface area contributed by atoms with Gasteiger partial charge < -0.3 is 5.32 Å². The first-order valence-corrected chi connectivity index (χ1v) is 9.79. The largest absolute Gasteiger partial charge is 0.322 e. The monoisotopic (exact) mass is 380 g/mol. The highest BCUT2D eigenvalue weighted by Crippen LogP contribution is 2.24. The molecule has 0 saturated heterocycles. The van der Waals surface area contributed by atoms with Crippen molar-refractivity contribution in [3.8, 4) is 0 Å². The van der Waals surface area contributed by atoms with E-state index in [1.165, 1.54) is 10.4 Å². The van der Waals surface area contributed by atoms with Crippen LogP contribution in [0, 0.1) is 6.92 Å². The second-order valence-electron chi connectivity index (χ2n) is 5.53. The van der Waals surface area contributed by atoms with E-state index in [9.17, 15) is 13.2 Å². The molecule has 1 amide bonds. The van der Waals surface area contributed by atoms with Crippen LogP contribution >= 0.6 is 11.6 Å². The number of aryl methyl sites for hydroxylation is 1. The Kier molecular flexibility index (Phi) is 6.21. The van der Waals surface area contributed by atoms with Gasteiger partial charge >= 0.3 is 0 Å². The molecule has 0 atom stereocenters. The SMILES string of the molecule is CCN(CC)S(=O)(=O)c1cc(NC(=O)c2ccc(Cl)cc2)ccc1C. The number of rotatable bonds is 6. The van der Waals surface area contributed by atoms with Gasteiger partial charge in [0.2, 0.25) is 10.0 Å². The molecule has 0 aliphatic rings. The number of carbonyl (C=O) groups excluding carboxylic acids is 1. The van der Waals surface area contributed by atoms with E-state index in [0.29, 0.717) is 34.9 Å². The summed E-state index contributed by atoms with van der Waals surface area (Å²) in [6, 6.07) is 11.3. The Morgan fingerprint density at radius 3 is 2.24 bits per heavy atom. The Hall–Kier alpha value is -1.89. The molecule has 0 saturated carbocycles. The first kappa shape index (κ1) is 19.4. The topological polar surface area (TPSA) is 66.5 Å². The van der Waals surface area contributed by atoms with Gasteiger partial charge in [-0.2, -0.15) is 4.31 Å². The Balaban J connectivity index is 2.33. The number of amides is 1. The Bertz CT molecular complexity index is 860. The van der Waals surface area contributed by atoms with E-state index in [-0.39, 0.29) is 10.8 Å². The molecule has 0 spiro atoms. The van der Waals surface area contributed by atoms with E-state index in [1.54, 1.807) is 57.2 Å². The summed E-state index contributed by atoms with van der Waals surface area (Å²) in [7, 11) is -3.60. The maximum Gasteiger partial charge on any atom is 0.255 e. The fraction of sp³-hybridized carbons (Fsp3) is 0.278. The molecule has 0 unspecified atom stereocenters. The minimum absolute atomic E-state index is 0.199. The van der Waals surface area contributed by atoms with Gasteiger partial charge in [0.15, 0.2) is 0 Å². The van der Waals surface area contributed by atoms with Crippen LogP contribution in [0.2, 0.25) is 5.02 Å². The van der Waals surface area contributed by atoms with Crippen molar-refractivity contribution in [1.82, 2.24) is 4.31 Å². The summed E-state index contributed by atoms with van der Waals surface area (Å²) in [5, 5.41) is 3.27. The molecule has 7 heteroatoms. The predicted molar refractivity (Wildman–Crippen MR) is 101 cm³/mol. The second kappa shape index (κ2) is 7.99. The molecule has 0 aliphatic carbocycles. The molecule has 25 heavy (non-hydrogen) atoms. The highest BCUT2D eigenvalue weighted by molar-refractivity contribution is 7.89. The number of nitrogens with one attached hydrogen (secondary N) is 1. The van der Waals surface area contributed by atoms with Gasteiger partial charge in [-0.1, -0.05) is 31.5 Å². The molecular weight excluding hydrogens is 360 g/mol. The van der Waals surface area contributed by atoms with Crippen LogP contribution in [0.15, 0.2) is 47.4 Å². The Labute approximate surface area is 153 Å². The first-order chi connectivity index (χ1) is 11.8. The highest BCUT2D eigenvalue weighted by atomic mass is 35.5. The zero-order valence-corrected chi connectivity index (χ0v) is 16.0. The van der Waals surface area contributed by atoms with E-state index < -0.39 is 10.0 Å².